The minimum absolute atomic E-state index is 0.0152. The number of hydrogen-bond donors (Lipinski definition) is 0. The Morgan fingerprint density at radius 2 is 1.67 bits per heavy atom. The van der Waals surface area contributed by atoms with E-state index in [1.165, 1.54) is 0 Å². The van der Waals surface area contributed by atoms with Crippen LogP contribution in [0.5, 0.6) is 0 Å². The summed E-state index contributed by atoms with van der Waals surface area (Å²) in [5.74, 6) is 3.40. The molecule has 0 saturated carbocycles. The van der Waals surface area contributed by atoms with Crippen LogP contribution in [0.2, 0.25) is 18.1 Å². The average Bonchev–Trinajstić information content (AvgIpc) is 2.48. The number of ether oxygens (including phenoxy) is 1. The Morgan fingerprint density at radius 1 is 1.15 bits per heavy atom. The predicted octanol–water partition coefficient (Wildman–Crippen LogP) is 6.58. The van der Waals surface area contributed by atoms with E-state index in [2.05, 4.69) is 86.2 Å². The summed E-state index contributed by atoms with van der Waals surface area (Å²) in [6.45, 7) is 23.5. The van der Waals surface area contributed by atoms with Crippen LogP contribution in [0, 0.1) is 27.1 Å². The molecule has 0 aromatic heterocycles. The van der Waals surface area contributed by atoms with E-state index in [-0.39, 0.29) is 28.9 Å². The van der Waals surface area contributed by atoms with Gasteiger partial charge in [-0.25, -0.2) is 0 Å². The first kappa shape index (κ1) is 26.7. The van der Waals surface area contributed by atoms with E-state index in [0.717, 1.165) is 5.57 Å². The molecule has 27 heavy (non-hydrogen) atoms. The summed E-state index contributed by atoms with van der Waals surface area (Å²) in [4.78, 5) is 12.0. The van der Waals surface area contributed by atoms with Crippen molar-refractivity contribution in [2.24, 2.45) is 17.3 Å². The van der Waals surface area contributed by atoms with E-state index >= 15 is 0 Å². The van der Waals surface area contributed by atoms with Crippen molar-refractivity contribution in [1.82, 2.24) is 0 Å². The Morgan fingerprint density at radius 3 is 2.07 bits per heavy atom. The van der Waals surface area contributed by atoms with Gasteiger partial charge in [-0.1, -0.05) is 39.7 Å². The molecule has 0 aliphatic rings. The Hall–Kier alpha value is -0.323. The third-order valence-electron chi connectivity index (χ3n) is 5.12. The van der Waals surface area contributed by atoms with Crippen LogP contribution in [0.1, 0.15) is 62.3 Å². The molecule has 0 bridgehead atoms. The lowest BCUT2D eigenvalue weighted by Gasteiger charge is -2.41. The van der Waals surface area contributed by atoms with Crippen molar-refractivity contribution < 1.29 is 14.0 Å². The second kappa shape index (κ2) is 10.5. The molecule has 0 fully saturated rings. The van der Waals surface area contributed by atoms with Gasteiger partial charge in [-0.05, 0) is 62.3 Å². The minimum atomic E-state index is -1.92. The molecule has 0 rings (SSSR count). The van der Waals surface area contributed by atoms with Gasteiger partial charge in [-0.3, -0.25) is 4.79 Å². The largest absolute Gasteiger partial charge is 0.461 e. The molecule has 0 N–H and O–H groups in total. The van der Waals surface area contributed by atoms with Crippen LogP contribution >= 0.6 is 22.6 Å². The lowest BCUT2D eigenvalue weighted by atomic mass is 9.92. The minimum Gasteiger partial charge on any atom is -0.461 e. The summed E-state index contributed by atoms with van der Waals surface area (Å²) in [7, 11) is -1.92. The number of carbonyl (C=O) groups excluding carboxylic acids is 1. The molecule has 3 atom stereocenters. The molecule has 0 unspecified atom stereocenters. The molecule has 0 spiro atoms. The highest BCUT2D eigenvalue weighted by Crippen LogP contribution is 2.39. The van der Waals surface area contributed by atoms with E-state index in [1.54, 1.807) is 0 Å². The highest BCUT2D eigenvalue weighted by molar-refractivity contribution is 14.1. The molecular formula is C22H39IO3Si. The SMILES string of the molecule is C/C(=C/[C@@H](C)[C@H](O[Si](C)(C)C(C)(C)C)[C@H](C)C#CI)COC(=O)C(C)(C)C. The number of hydrogen-bond acceptors (Lipinski definition) is 3. The molecule has 0 saturated heterocycles. The highest BCUT2D eigenvalue weighted by atomic mass is 127. The van der Waals surface area contributed by atoms with Crippen molar-refractivity contribution in [2.75, 3.05) is 6.61 Å². The summed E-state index contributed by atoms with van der Waals surface area (Å²) in [5.41, 5.74) is 0.558. The summed E-state index contributed by atoms with van der Waals surface area (Å²) in [6, 6.07) is 0. The first-order valence-corrected chi connectivity index (χ1v) is 13.6. The zero-order valence-electron chi connectivity index (χ0n) is 19.1. The quantitative estimate of drug-likeness (QED) is 0.129. The molecule has 0 aliphatic carbocycles. The molecule has 0 radical (unpaired) electrons. The Kier molecular flexibility index (Phi) is 10.3. The van der Waals surface area contributed by atoms with Crippen LogP contribution in [-0.2, 0) is 14.0 Å². The van der Waals surface area contributed by atoms with Gasteiger partial charge in [0.2, 0.25) is 0 Å². The van der Waals surface area contributed by atoms with Crippen molar-refractivity contribution in [1.29, 1.82) is 0 Å². The monoisotopic (exact) mass is 506 g/mol. The van der Waals surface area contributed by atoms with Crippen LogP contribution in [0.25, 0.3) is 0 Å². The van der Waals surface area contributed by atoms with Crippen molar-refractivity contribution in [2.45, 2.75) is 86.5 Å². The van der Waals surface area contributed by atoms with E-state index in [4.69, 9.17) is 9.16 Å². The zero-order chi connectivity index (χ0) is 21.6. The summed E-state index contributed by atoms with van der Waals surface area (Å²) in [6.07, 6.45) is 2.18. The zero-order valence-corrected chi connectivity index (χ0v) is 22.3. The third kappa shape index (κ3) is 9.14. The Labute approximate surface area is 182 Å². The second-order valence-corrected chi connectivity index (χ2v) is 15.4. The predicted molar refractivity (Wildman–Crippen MR) is 126 cm³/mol. The smallest absolute Gasteiger partial charge is 0.311 e. The van der Waals surface area contributed by atoms with Crippen molar-refractivity contribution in [3.8, 4) is 9.85 Å². The molecule has 156 valence electrons. The molecule has 0 aromatic carbocycles. The average molecular weight is 507 g/mol. The van der Waals surface area contributed by atoms with Gasteiger partial charge >= 0.3 is 5.97 Å². The molecular weight excluding hydrogens is 467 g/mol. The molecule has 3 nitrogen and oxygen atoms in total. The van der Waals surface area contributed by atoms with Crippen LogP contribution in [0.3, 0.4) is 0 Å². The Balaban J connectivity index is 5.37. The number of esters is 1. The van der Waals surface area contributed by atoms with Crippen molar-refractivity contribution in [3.05, 3.63) is 11.6 Å². The number of halogens is 1. The van der Waals surface area contributed by atoms with Gasteiger partial charge in [-0.2, -0.15) is 0 Å². The topological polar surface area (TPSA) is 35.5 Å². The second-order valence-electron chi connectivity index (χ2n) is 10.1. The first-order chi connectivity index (χ1) is 12.0. The normalized spacial score (nSPS) is 16.8. The number of rotatable bonds is 7. The maximum atomic E-state index is 12.0. The summed E-state index contributed by atoms with van der Waals surface area (Å²) in [5, 5.41) is 0.142. The standard InChI is InChI=1S/C22H39IO3Si/c1-16(15-25-20(24)21(4,5)6)14-18(3)19(17(2)12-13-23)26-27(10,11)22(7,8)9/h14,17-19H,15H2,1-11H3/b16-14-/t17-,18-,19-/m1/s1. The Bertz CT molecular complexity index is 585. The van der Waals surface area contributed by atoms with Gasteiger partial charge in [0.1, 0.15) is 6.61 Å². The summed E-state index contributed by atoms with van der Waals surface area (Å²) >= 11 is 2.09. The molecule has 0 heterocycles. The van der Waals surface area contributed by atoms with E-state index in [9.17, 15) is 4.79 Å². The lowest BCUT2D eigenvalue weighted by Crippen LogP contribution is -2.47. The van der Waals surface area contributed by atoms with Crippen molar-refractivity contribution >= 4 is 36.9 Å². The lowest BCUT2D eigenvalue weighted by molar-refractivity contribution is -0.151. The number of carbonyl (C=O) groups is 1. The van der Waals surface area contributed by atoms with Gasteiger partial charge < -0.3 is 9.16 Å². The van der Waals surface area contributed by atoms with E-state index in [0.29, 0.717) is 6.61 Å². The van der Waals surface area contributed by atoms with Gasteiger partial charge in [0, 0.05) is 34.4 Å². The highest BCUT2D eigenvalue weighted by Gasteiger charge is 2.41. The maximum absolute atomic E-state index is 12.0. The third-order valence-corrected chi connectivity index (χ3v) is 9.91. The fraction of sp³-hybridized carbons (Fsp3) is 0.773. The van der Waals surface area contributed by atoms with Crippen molar-refractivity contribution in [3.63, 3.8) is 0 Å². The van der Waals surface area contributed by atoms with Crippen LogP contribution in [0.4, 0.5) is 0 Å². The van der Waals surface area contributed by atoms with Gasteiger partial charge in [-0.15, -0.1) is 0 Å². The van der Waals surface area contributed by atoms with E-state index in [1.807, 2.05) is 27.7 Å². The van der Waals surface area contributed by atoms with Gasteiger partial charge in [0.15, 0.2) is 8.32 Å². The van der Waals surface area contributed by atoms with Crippen LogP contribution in [0.15, 0.2) is 11.6 Å². The van der Waals surface area contributed by atoms with Crippen LogP contribution in [-0.4, -0.2) is 27.0 Å². The first-order valence-electron chi connectivity index (χ1n) is 9.66. The van der Waals surface area contributed by atoms with Gasteiger partial charge in [0.05, 0.1) is 11.5 Å². The molecule has 0 aliphatic heterocycles. The fourth-order valence-electron chi connectivity index (χ4n) is 2.34. The molecule has 0 aromatic rings. The maximum Gasteiger partial charge on any atom is 0.311 e. The molecule has 5 heteroatoms. The fourth-order valence-corrected chi connectivity index (χ4v) is 4.28. The van der Waals surface area contributed by atoms with E-state index < -0.39 is 13.7 Å². The molecule has 0 amide bonds. The van der Waals surface area contributed by atoms with Gasteiger partial charge in [0.25, 0.3) is 0 Å². The van der Waals surface area contributed by atoms with Crippen LogP contribution < -0.4 is 0 Å². The summed E-state index contributed by atoms with van der Waals surface area (Å²) < 4.78 is 15.2.